The van der Waals surface area contributed by atoms with Crippen LogP contribution < -0.4 is 25.4 Å². The number of carbonyl (C=O) groups is 2. The average Bonchev–Trinajstić information content (AvgIpc) is 2.64. The summed E-state index contributed by atoms with van der Waals surface area (Å²) in [6.07, 6.45) is -4.51. The highest BCUT2D eigenvalue weighted by molar-refractivity contribution is 6.31. The monoisotopic (exact) mass is 445 g/mol. The number of alkyl halides is 3. The van der Waals surface area contributed by atoms with Gasteiger partial charge in [0.15, 0.2) is 6.61 Å². The Kier molecular flexibility index (Phi) is 7.76. The van der Waals surface area contributed by atoms with Crippen LogP contribution in [-0.4, -0.2) is 38.3 Å². The van der Waals surface area contributed by atoms with Crippen LogP contribution in [0.4, 0.5) is 30.2 Å². The van der Waals surface area contributed by atoms with Crippen molar-refractivity contribution in [3.8, 4) is 11.5 Å². The summed E-state index contributed by atoms with van der Waals surface area (Å²) in [5, 5.41) is 8.13. The third kappa shape index (κ3) is 7.36. The van der Waals surface area contributed by atoms with Gasteiger partial charge in [-0.05, 0) is 36.4 Å². The molecule has 0 saturated heterocycles. The van der Waals surface area contributed by atoms with Gasteiger partial charge in [-0.1, -0.05) is 11.6 Å². The highest BCUT2D eigenvalue weighted by atomic mass is 35.5. The lowest BCUT2D eigenvalue weighted by molar-refractivity contribution is -0.153. The smallest absolute Gasteiger partial charge is 0.422 e. The predicted octanol–water partition coefficient (Wildman–Crippen LogP) is 4.30. The normalized spacial score (nSPS) is 10.9. The van der Waals surface area contributed by atoms with E-state index in [4.69, 9.17) is 21.1 Å². The summed E-state index contributed by atoms with van der Waals surface area (Å²) in [6.45, 7) is -0.436. The fourth-order valence-corrected chi connectivity index (χ4v) is 2.55. The van der Waals surface area contributed by atoms with Crippen LogP contribution in [0, 0.1) is 0 Å². The number of ether oxygens (including phenoxy) is 2. The van der Waals surface area contributed by atoms with E-state index in [1.165, 1.54) is 38.3 Å². The molecule has 0 saturated carbocycles. The van der Waals surface area contributed by atoms with Gasteiger partial charge in [-0.15, -0.1) is 0 Å². The molecule has 7 nitrogen and oxygen atoms in total. The standard InChI is InChI=1S/C19H19ClF3N3O4/c1-11(27)25-13-4-6-16(29-2)15(8-13)26-18(28)9-24-14-7-12(20)3-5-17(14)30-10-19(21,22)23/h3-8,24H,9-10H2,1-2H3,(H,25,27)(H,26,28). The molecule has 0 aromatic heterocycles. The number of halogens is 4. The van der Waals surface area contributed by atoms with Gasteiger partial charge in [-0.2, -0.15) is 13.2 Å². The fraction of sp³-hybridized carbons (Fsp3) is 0.263. The van der Waals surface area contributed by atoms with E-state index in [2.05, 4.69) is 16.0 Å². The van der Waals surface area contributed by atoms with Crippen LogP contribution in [0.3, 0.4) is 0 Å². The van der Waals surface area contributed by atoms with Gasteiger partial charge in [0.1, 0.15) is 11.5 Å². The molecule has 2 aromatic rings. The topological polar surface area (TPSA) is 88.7 Å². The highest BCUT2D eigenvalue weighted by Crippen LogP contribution is 2.30. The molecule has 0 atom stereocenters. The third-order valence-corrected chi connectivity index (χ3v) is 3.80. The van der Waals surface area contributed by atoms with Crippen molar-refractivity contribution >= 4 is 40.5 Å². The van der Waals surface area contributed by atoms with Crippen molar-refractivity contribution in [2.24, 2.45) is 0 Å². The molecule has 0 radical (unpaired) electrons. The number of benzene rings is 2. The lowest BCUT2D eigenvalue weighted by Crippen LogP contribution is -2.23. The van der Waals surface area contributed by atoms with Gasteiger partial charge in [-0.3, -0.25) is 9.59 Å². The van der Waals surface area contributed by atoms with E-state index in [-0.39, 0.29) is 28.9 Å². The number of rotatable bonds is 8. The van der Waals surface area contributed by atoms with Crippen LogP contribution in [0.2, 0.25) is 5.02 Å². The second kappa shape index (κ2) is 10.1. The molecule has 0 aliphatic rings. The molecule has 162 valence electrons. The zero-order valence-corrected chi connectivity index (χ0v) is 16.8. The highest BCUT2D eigenvalue weighted by Gasteiger charge is 2.29. The summed E-state index contributed by atoms with van der Waals surface area (Å²) < 4.78 is 47.2. The Hall–Kier alpha value is -3.14. The van der Waals surface area contributed by atoms with Gasteiger partial charge in [-0.25, -0.2) is 0 Å². The Morgan fingerprint density at radius 2 is 1.73 bits per heavy atom. The minimum absolute atomic E-state index is 0.102. The van der Waals surface area contributed by atoms with E-state index in [1.807, 2.05) is 0 Å². The largest absolute Gasteiger partial charge is 0.495 e. The van der Waals surface area contributed by atoms with Gasteiger partial charge in [0.2, 0.25) is 11.8 Å². The quantitative estimate of drug-likeness (QED) is 0.564. The predicted molar refractivity (Wildman–Crippen MR) is 107 cm³/mol. The van der Waals surface area contributed by atoms with Crippen molar-refractivity contribution in [1.82, 2.24) is 0 Å². The van der Waals surface area contributed by atoms with E-state index in [0.29, 0.717) is 17.1 Å². The van der Waals surface area contributed by atoms with Gasteiger partial charge < -0.3 is 25.4 Å². The molecule has 11 heteroatoms. The minimum atomic E-state index is -4.51. The molecule has 0 heterocycles. The van der Waals surface area contributed by atoms with Crippen molar-refractivity contribution in [1.29, 1.82) is 0 Å². The summed E-state index contributed by atoms with van der Waals surface area (Å²) in [5.41, 5.74) is 0.875. The maximum atomic E-state index is 12.4. The Morgan fingerprint density at radius 1 is 1.03 bits per heavy atom. The van der Waals surface area contributed by atoms with E-state index < -0.39 is 18.7 Å². The van der Waals surface area contributed by atoms with E-state index in [0.717, 1.165) is 0 Å². The van der Waals surface area contributed by atoms with Crippen molar-refractivity contribution in [3.63, 3.8) is 0 Å². The molecule has 0 aliphatic heterocycles. The Morgan fingerprint density at radius 3 is 2.37 bits per heavy atom. The van der Waals surface area contributed by atoms with Crippen molar-refractivity contribution in [3.05, 3.63) is 41.4 Å². The van der Waals surface area contributed by atoms with Crippen LogP contribution in [0.15, 0.2) is 36.4 Å². The molecule has 2 aromatic carbocycles. The zero-order valence-electron chi connectivity index (χ0n) is 16.0. The molecule has 2 amide bonds. The SMILES string of the molecule is COc1ccc(NC(C)=O)cc1NC(=O)CNc1cc(Cl)ccc1OCC(F)(F)F. The second-order valence-corrected chi connectivity index (χ2v) is 6.48. The summed E-state index contributed by atoms with van der Waals surface area (Å²) in [5.74, 6) is -0.550. The van der Waals surface area contributed by atoms with E-state index in [1.54, 1.807) is 12.1 Å². The zero-order chi connectivity index (χ0) is 22.3. The van der Waals surface area contributed by atoms with Crippen molar-refractivity contribution in [2.75, 3.05) is 36.2 Å². The fourth-order valence-electron chi connectivity index (χ4n) is 2.38. The molecule has 0 spiro atoms. The van der Waals surface area contributed by atoms with Gasteiger partial charge in [0.05, 0.1) is 25.0 Å². The minimum Gasteiger partial charge on any atom is -0.495 e. The summed E-state index contributed by atoms with van der Waals surface area (Å²) in [6, 6.07) is 8.66. The maximum absolute atomic E-state index is 12.4. The number of anilines is 3. The maximum Gasteiger partial charge on any atom is 0.422 e. The van der Waals surface area contributed by atoms with Crippen LogP contribution in [-0.2, 0) is 9.59 Å². The van der Waals surface area contributed by atoms with E-state index >= 15 is 0 Å². The number of hydrogen-bond acceptors (Lipinski definition) is 5. The first-order valence-corrected chi connectivity index (χ1v) is 8.93. The summed E-state index contributed by atoms with van der Waals surface area (Å²) >= 11 is 5.88. The molecule has 30 heavy (non-hydrogen) atoms. The first kappa shape index (κ1) is 23.1. The molecule has 0 bridgehead atoms. The Labute approximate surface area is 175 Å². The average molecular weight is 446 g/mol. The number of hydrogen-bond donors (Lipinski definition) is 3. The first-order chi connectivity index (χ1) is 14.1. The van der Waals surface area contributed by atoms with E-state index in [9.17, 15) is 22.8 Å². The van der Waals surface area contributed by atoms with Crippen molar-refractivity contribution < 1.29 is 32.2 Å². The van der Waals surface area contributed by atoms with Crippen LogP contribution in [0.1, 0.15) is 6.92 Å². The van der Waals surface area contributed by atoms with Crippen molar-refractivity contribution in [2.45, 2.75) is 13.1 Å². The molecule has 2 rings (SSSR count). The number of methoxy groups -OCH3 is 1. The summed E-state index contributed by atoms with van der Waals surface area (Å²) in [4.78, 5) is 23.5. The molecule has 0 aliphatic carbocycles. The molecule has 0 fully saturated rings. The third-order valence-electron chi connectivity index (χ3n) is 3.57. The van der Waals surface area contributed by atoms with Crippen LogP contribution in [0.5, 0.6) is 11.5 Å². The summed E-state index contributed by atoms with van der Waals surface area (Å²) in [7, 11) is 1.41. The first-order valence-electron chi connectivity index (χ1n) is 8.56. The lowest BCUT2D eigenvalue weighted by atomic mass is 10.2. The second-order valence-electron chi connectivity index (χ2n) is 6.04. The van der Waals surface area contributed by atoms with Crippen LogP contribution >= 0.6 is 11.6 Å². The number of amides is 2. The van der Waals surface area contributed by atoms with Gasteiger partial charge >= 0.3 is 6.18 Å². The molecule has 3 N–H and O–H groups in total. The Balaban J connectivity index is 2.07. The molecule has 0 unspecified atom stereocenters. The van der Waals surface area contributed by atoms with Gasteiger partial charge in [0.25, 0.3) is 0 Å². The number of nitrogens with one attached hydrogen (secondary N) is 3. The Bertz CT molecular complexity index is 922. The van der Waals surface area contributed by atoms with Crippen LogP contribution in [0.25, 0.3) is 0 Å². The number of carbonyl (C=O) groups excluding carboxylic acids is 2. The molecular weight excluding hydrogens is 427 g/mol. The lowest BCUT2D eigenvalue weighted by Gasteiger charge is -2.16. The molecular formula is C19H19ClF3N3O4. The van der Waals surface area contributed by atoms with Gasteiger partial charge in [0, 0.05) is 17.6 Å².